The Morgan fingerprint density at radius 1 is 1.00 bits per heavy atom. The SMILES string of the molecule is COCC(=O)NC/C=C/c1ccc2ncnc(Nc3ccc(Oc4ccc(C)nc4)c(C)c3)c2c1.O=C(O)CC(O)C(=O)O. The number of aliphatic hydroxyl groups is 1. The van der Waals surface area contributed by atoms with E-state index >= 15 is 0 Å². The Morgan fingerprint density at radius 3 is 2.43 bits per heavy atom. The van der Waals surface area contributed by atoms with Gasteiger partial charge in [-0.05, 0) is 67.4 Å². The van der Waals surface area contributed by atoms with Crippen LogP contribution in [0.1, 0.15) is 23.2 Å². The van der Waals surface area contributed by atoms with Crippen molar-refractivity contribution in [2.24, 2.45) is 0 Å². The van der Waals surface area contributed by atoms with E-state index < -0.39 is 24.5 Å². The number of rotatable bonds is 12. The van der Waals surface area contributed by atoms with Crippen molar-refractivity contribution in [2.75, 3.05) is 25.6 Å². The number of aryl methyl sites for hydroxylation is 2. The number of nitrogens with zero attached hydrogens (tertiary/aromatic N) is 3. The maximum atomic E-state index is 11.5. The summed E-state index contributed by atoms with van der Waals surface area (Å²) in [5.41, 5.74) is 4.62. The van der Waals surface area contributed by atoms with Crippen LogP contribution in [0.25, 0.3) is 17.0 Å². The summed E-state index contributed by atoms with van der Waals surface area (Å²) >= 11 is 0. The first kappa shape index (κ1) is 33.1. The average Bonchev–Trinajstić information content (AvgIpc) is 2.98. The lowest BCUT2D eigenvalue weighted by atomic mass is 10.1. The quantitative estimate of drug-likeness (QED) is 0.157. The van der Waals surface area contributed by atoms with Gasteiger partial charge in [0, 0.05) is 30.4 Å². The number of anilines is 2. The van der Waals surface area contributed by atoms with Gasteiger partial charge in [-0.3, -0.25) is 14.6 Å². The van der Waals surface area contributed by atoms with Crippen LogP contribution in [-0.4, -0.2) is 74.5 Å². The van der Waals surface area contributed by atoms with E-state index in [4.69, 9.17) is 24.8 Å². The fraction of sp³-hybridized carbons (Fsp3) is 0.226. The second-order valence-electron chi connectivity index (χ2n) is 9.43. The molecule has 0 aliphatic carbocycles. The number of aliphatic carboxylic acids is 2. The first-order valence-corrected chi connectivity index (χ1v) is 13.3. The third-order valence-corrected chi connectivity index (χ3v) is 5.86. The van der Waals surface area contributed by atoms with Gasteiger partial charge in [-0.1, -0.05) is 18.2 Å². The van der Waals surface area contributed by atoms with E-state index in [1.807, 2.05) is 74.5 Å². The molecular weight excluding hydrogens is 570 g/mol. The third kappa shape index (κ3) is 10.5. The van der Waals surface area contributed by atoms with Gasteiger partial charge in [0.2, 0.25) is 5.91 Å². The predicted molar refractivity (Wildman–Crippen MR) is 163 cm³/mol. The third-order valence-electron chi connectivity index (χ3n) is 5.86. The van der Waals surface area contributed by atoms with Crippen molar-refractivity contribution in [3.8, 4) is 11.5 Å². The molecule has 0 spiro atoms. The van der Waals surface area contributed by atoms with Crippen molar-refractivity contribution in [2.45, 2.75) is 26.4 Å². The molecule has 0 fully saturated rings. The Hall–Kier alpha value is -5.40. The molecule has 2 aromatic carbocycles. The second-order valence-corrected chi connectivity index (χ2v) is 9.43. The summed E-state index contributed by atoms with van der Waals surface area (Å²) in [4.78, 5) is 44.0. The summed E-state index contributed by atoms with van der Waals surface area (Å²) in [5, 5.41) is 31.2. The van der Waals surface area contributed by atoms with E-state index in [1.165, 1.54) is 7.11 Å². The van der Waals surface area contributed by atoms with Gasteiger partial charge in [0.05, 0.1) is 18.1 Å². The van der Waals surface area contributed by atoms with Gasteiger partial charge in [0.25, 0.3) is 0 Å². The molecule has 0 saturated heterocycles. The molecule has 2 heterocycles. The first-order valence-electron chi connectivity index (χ1n) is 13.3. The molecule has 1 amide bonds. The highest BCUT2D eigenvalue weighted by molar-refractivity contribution is 5.92. The molecule has 0 radical (unpaired) electrons. The highest BCUT2D eigenvalue weighted by Gasteiger charge is 2.16. The summed E-state index contributed by atoms with van der Waals surface area (Å²) in [5.74, 6) is -0.839. The number of aromatic nitrogens is 3. The molecule has 0 saturated carbocycles. The molecule has 4 rings (SSSR count). The Labute approximate surface area is 253 Å². The number of carboxylic acids is 2. The molecule has 0 bridgehead atoms. The van der Waals surface area contributed by atoms with Gasteiger partial charge in [-0.25, -0.2) is 14.8 Å². The number of nitrogens with one attached hydrogen (secondary N) is 2. The van der Waals surface area contributed by atoms with Crippen LogP contribution in [0.15, 0.2) is 67.1 Å². The molecule has 1 atom stereocenters. The molecule has 0 aliphatic heterocycles. The number of benzene rings is 2. The number of aliphatic hydroxyl groups excluding tert-OH is 1. The van der Waals surface area contributed by atoms with Gasteiger partial charge in [0.1, 0.15) is 30.3 Å². The fourth-order valence-electron chi connectivity index (χ4n) is 3.70. The summed E-state index contributed by atoms with van der Waals surface area (Å²) in [6, 6.07) is 15.6. The van der Waals surface area contributed by atoms with Crippen molar-refractivity contribution in [3.63, 3.8) is 0 Å². The van der Waals surface area contributed by atoms with Crippen LogP contribution in [0.5, 0.6) is 11.5 Å². The Kier molecular flexibility index (Phi) is 12.3. The van der Waals surface area contributed by atoms with Crippen LogP contribution in [0.4, 0.5) is 11.5 Å². The second kappa shape index (κ2) is 16.3. The monoisotopic (exact) mass is 603 g/mol. The molecule has 44 heavy (non-hydrogen) atoms. The van der Waals surface area contributed by atoms with Crippen molar-refractivity contribution >= 4 is 46.3 Å². The van der Waals surface area contributed by atoms with Gasteiger partial charge < -0.3 is 35.4 Å². The van der Waals surface area contributed by atoms with Crippen molar-refractivity contribution in [1.82, 2.24) is 20.3 Å². The topological polar surface area (TPSA) is 193 Å². The standard InChI is InChI=1S/C27H27N5O3.C4H6O5/c1-18-13-21(8-11-25(18)35-22-9-6-19(2)29-15-22)32-27-23-14-20(7-10-24(23)30-17-31-27)5-4-12-28-26(33)16-34-3;5-2(4(8)9)1-3(6)7/h4-11,13-15,17H,12,16H2,1-3H3,(H,28,33)(H,30,31,32);2,5H,1H2,(H,6,7)(H,8,9)/b5-4+;. The van der Waals surface area contributed by atoms with Crippen LogP contribution < -0.4 is 15.4 Å². The van der Waals surface area contributed by atoms with Crippen LogP contribution in [0.2, 0.25) is 0 Å². The number of carboxylic acid groups (broad SMARTS) is 2. The highest BCUT2D eigenvalue weighted by Crippen LogP contribution is 2.30. The fourth-order valence-corrected chi connectivity index (χ4v) is 3.70. The lowest BCUT2D eigenvalue weighted by Gasteiger charge is -2.12. The Morgan fingerprint density at radius 2 is 1.80 bits per heavy atom. The minimum atomic E-state index is -1.79. The van der Waals surface area contributed by atoms with Crippen LogP contribution in [-0.2, 0) is 19.1 Å². The molecule has 4 aromatic rings. The van der Waals surface area contributed by atoms with Crippen molar-refractivity contribution in [1.29, 1.82) is 0 Å². The number of methoxy groups -OCH3 is 1. The Bertz CT molecular complexity index is 1630. The van der Waals surface area contributed by atoms with Crippen LogP contribution in [0, 0.1) is 13.8 Å². The van der Waals surface area contributed by atoms with Gasteiger partial charge >= 0.3 is 11.9 Å². The van der Waals surface area contributed by atoms with Crippen molar-refractivity contribution in [3.05, 3.63) is 84.0 Å². The number of hydrogen-bond donors (Lipinski definition) is 5. The van der Waals surface area contributed by atoms with Gasteiger partial charge in [-0.2, -0.15) is 0 Å². The van der Waals surface area contributed by atoms with Gasteiger partial charge in [-0.15, -0.1) is 0 Å². The van der Waals surface area contributed by atoms with E-state index in [0.717, 1.165) is 39.2 Å². The molecule has 13 heteroatoms. The van der Waals surface area contributed by atoms with Crippen LogP contribution >= 0.6 is 0 Å². The molecule has 2 aromatic heterocycles. The largest absolute Gasteiger partial charge is 0.481 e. The normalized spacial score (nSPS) is 11.4. The molecule has 0 aliphatic rings. The molecule has 13 nitrogen and oxygen atoms in total. The maximum absolute atomic E-state index is 11.5. The van der Waals surface area contributed by atoms with E-state index in [1.54, 1.807) is 12.5 Å². The molecule has 230 valence electrons. The minimum Gasteiger partial charge on any atom is -0.481 e. The maximum Gasteiger partial charge on any atom is 0.333 e. The minimum absolute atomic E-state index is 0.0475. The number of fused-ring (bicyclic) bond motifs is 1. The zero-order valence-corrected chi connectivity index (χ0v) is 24.4. The van der Waals surface area contributed by atoms with E-state index in [2.05, 4.69) is 25.6 Å². The smallest absolute Gasteiger partial charge is 0.333 e. The van der Waals surface area contributed by atoms with E-state index in [0.29, 0.717) is 18.1 Å². The lowest BCUT2D eigenvalue weighted by Crippen LogP contribution is -2.26. The number of amides is 1. The summed E-state index contributed by atoms with van der Waals surface area (Å²) in [7, 11) is 1.49. The zero-order chi connectivity index (χ0) is 32.1. The molecular formula is C31H33N5O8. The van der Waals surface area contributed by atoms with Gasteiger partial charge in [0.15, 0.2) is 6.10 Å². The van der Waals surface area contributed by atoms with Crippen molar-refractivity contribution < 1.29 is 39.2 Å². The average molecular weight is 604 g/mol. The first-order chi connectivity index (χ1) is 21.0. The number of pyridine rings is 1. The number of hydrogen-bond acceptors (Lipinski definition) is 10. The highest BCUT2D eigenvalue weighted by atomic mass is 16.5. The Balaban J connectivity index is 0.000000512. The summed E-state index contributed by atoms with van der Waals surface area (Å²) < 4.78 is 10.8. The lowest BCUT2D eigenvalue weighted by molar-refractivity contribution is -0.152. The number of ether oxygens (including phenoxy) is 2. The van der Waals surface area contributed by atoms with Crippen LogP contribution in [0.3, 0.4) is 0 Å². The number of carbonyl (C=O) groups excluding carboxylic acids is 1. The molecule has 5 N–H and O–H groups in total. The summed E-state index contributed by atoms with van der Waals surface area (Å²) in [6.07, 6.45) is 4.54. The number of carbonyl (C=O) groups is 3. The molecule has 1 unspecified atom stereocenters. The summed E-state index contributed by atoms with van der Waals surface area (Å²) in [6.45, 7) is 4.40. The van der Waals surface area contributed by atoms with E-state index in [-0.39, 0.29) is 12.5 Å². The predicted octanol–water partition coefficient (Wildman–Crippen LogP) is 3.86. The van der Waals surface area contributed by atoms with E-state index in [9.17, 15) is 14.4 Å². The zero-order valence-electron chi connectivity index (χ0n) is 24.4.